The zero-order chi connectivity index (χ0) is 23.0. The molecule has 2 aliphatic heterocycles. The average Bonchev–Trinajstić information content (AvgIpc) is 3.17. The van der Waals surface area contributed by atoms with Crippen molar-refractivity contribution >= 4 is 49.1 Å². The van der Waals surface area contributed by atoms with Crippen LogP contribution in [-0.4, -0.2) is 44.2 Å². The molecule has 2 heterocycles. The number of carbonyl (C=O) groups is 2. The summed E-state index contributed by atoms with van der Waals surface area (Å²) < 4.78 is 42.4. The number of sulfonamides is 1. The lowest BCUT2D eigenvalue weighted by atomic mass is 9.97. The van der Waals surface area contributed by atoms with Crippen LogP contribution in [-0.2, 0) is 26.0 Å². The Balaban J connectivity index is 1.51. The van der Waals surface area contributed by atoms with Gasteiger partial charge in [-0.15, -0.1) is 0 Å². The van der Waals surface area contributed by atoms with Gasteiger partial charge in [-0.25, -0.2) is 12.8 Å². The van der Waals surface area contributed by atoms with Gasteiger partial charge in [0.25, 0.3) is 0 Å². The molecule has 2 amide bonds. The molecule has 0 bridgehead atoms. The molecular formula is C22H23BrFN3O4S. The second-order valence-electron chi connectivity index (χ2n) is 8.01. The summed E-state index contributed by atoms with van der Waals surface area (Å²) in [5.41, 5.74) is 1.64. The first kappa shape index (κ1) is 22.9. The Morgan fingerprint density at radius 2 is 1.84 bits per heavy atom. The number of benzene rings is 2. The number of piperidine rings is 1. The maximum atomic E-state index is 13.5. The van der Waals surface area contributed by atoms with Crippen LogP contribution >= 0.6 is 15.9 Å². The molecule has 4 rings (SSSR count). The van der Waals surface area contributed by atoms with E-state index in [0.29, 0.717) is 41.7 Å². The Kier molecular flexibility index (Phi) is 6.37. The highest BCUT2D eigenvalue weighted by Crippen LogP contribution is 2.39. The molecule has 1 N–H and O–H groups in total. The van der Waals surface area contributed by atoms with Gasteiger partial charge in [-0.1, -0.05) is 22.0 Å². The fourth-order valence-corrected chi connectivity index (χ4v) is 6.68. The molecule has 2 aromatic rings. The van der Waals surface area contributed by atoms with Crippen LogP contribution in [0.4, 0.5) is 15.8 Å². The number of halogens is 2. The summed E-state index contributed by atoms with van der Waals surface area (Å²) in [4.78, 5) is 26.3. The highest BCUT2D eigenvalue weighted by atomic mass is 79.9. The molecule has 0 unspecified atom stereocenters. The minimum Gasteiger partial charge on any atom is -0.326 e. The van der Waals surface area contributed by atoms with E-state index in [4.69, 9.17) is 0 Å². The van der Waals surface area contributed by atoms with Crippen molar-refractivity contribution < 1.29 is 22.4 Å². The first-order chi connectivity index (χ1) is 15.2. The van der Waals surface area contributed by atoms with E-state index in [1.807, 2.05) is 6.07 Å². The van der Waals surface area contributed by atoms with Crippen molar-refractivity contribution in [2.75, 3.05) is 29.9 Å². The number of hydrogen-bond donors (Lipinski definition) is 1. The summed E-state index contributed by atoms with van der Waals surface area (Å²) in [5, 5.41) is 2.70. The molecule has 0 aliphatic carbocycles. The largest absolute Gasteiger partial charge is 0.326 e. The van der Waals surface area contributed by atoms with Crippen molar-refractivity contribution in [3.05, 3.63) is 52.3 Å². The maximum absolute atomic E-state index is 13.5. The number of anilines is 2. The van der Waals surface area contributed by atoms with Crippen LogP contribution in [0.3, 0.4) is 0 Å². The van der Waals surface area contributed by atoms with Crippen molar-refractivity contribution in [2.45, 2.75) is 31.1 Å². The van der Waals surface area contributed by atoms with E-state index in [9.17, 15) is 22.4 Å². The van der Waals surface area contributed by atoms with E-state index in [1.165, 1.54) is 40.4 Å². The quantitative estimate of drug-likeness (QED) is 0.663. The monoisotopic (exact) mass is 523 g/mol. The molecule has 32 heavy (non-hydrogen) atoms. The Bertz CT molecular complexity index is 1180. The van der Waals surface area contributed by atoms with Gasteiger partial charge in [-0.2, -0.15) is 4.31 Å². The number of amides is 2. The predicted octanol–water partition coefficient (Wildman–Crippen LogP) is 3.54. The number of fused-ring (bicyclic) bond motifs is 1. The molecule has 0 atom stereocenters. The molecule has 1 saturated heterocycles. The topological polar surface area (TPSA) is 86.8 Å². The van der Waals surface area contributed by atoms with Gasteiger partial charge in [-0.05, 0) is 55.2 Å². The van der Waals surface area contributed by atoms with Gasteiger partial charge < -0.3 is 10.2 Å². The van der Waals surface area contributed by atoms with E-state index in [2.05, 4.69) is 21.2 Å². The Morgan fingerprint density at radius 1 is 1.12 bits per heavy atom. The molecule has 170 valence electrons. The Hall–Kier alpha value is -2.30. The summed E-state index contributed by atoms with van der Waals surface area (Å²) in [6.07, 6.45) is 1.30. The second-order valence-corrected chi connectivity index (χ2v) is 10.8. The van der Waals surface area contributed by atoms with Crippen molar-refractivity contribution in [3.8, 4) is 0 Å². The zero-order valence-corrected chi connectivity index (χ0v) is 19.9. The number of rotatable bonds is 4. The van der Waals surface area contributed by atoms with Gasteiger partial charge in [0.2, 0.25) is 21.8 Å². The Labute approximate surface area is 194 Å². The molecule has 0 aromatic heterocycles. The fraction of sp³-hybridized carbons (Fsp3) is 0.364. The molecule has 7 nitrogen and oxygen atoms in total. The molecule has 0 saturated carbocycles. The van der Waals surface area contributed by atoms with Crippen LogP contribution in [0.15, 0.2) is 45.8 Å². The van der Waals surface area contributed by atoms with Crippen LogP contribution in [0.5, 0.6) is 0 Å². The summed E-state index contributed by atoms with van der Waals surface area (Å²) in [7, 11) is -3.86. The Morgan fingerprint density at radius 3 is 2.50 bits per heavy atom. The fourth-order valence-electron chi connectivity index (χ4n) is 4.29. The summed E-state index contributed by atoms with van der Waals surface area (Å²) >= 11 is 3.39. The predicted molar refractivity (Wildman–Crippen MR) is 122 cm³/mol. The first-order valence-electron chi connectivity index (χ1n) is 10.3. The summed E-state index contributed by atoms with van der Waals surface area (Å²) in [6.45, 7) is 2.25. The van der Waals surface area contributed by atoms with Crippen LogP contribution < -0.4 is 10.2 Å². The van der Waals surface area contributed by atoms with E-state index < -0.39 is 15.8 Å². The molecule has 1 fully saturated rings. The van der Waals surface area contributed by atoms with E-state index >= 15 is 0 Å². The molecule has 0 radical (unpaired) electrons. The van der Waals surface area contributed by atoms with Gasteiger partial charge in [0.05, 0.1) is 5.69 Å². The minimum absolute atomic E-state index is 0.109. The van der Waals surface area contributed by atoms with Gasteiger partial charge in [0, 0.05) is 42.6 Å². The van der Waals surface area contributed by atoms with Crippen molar-refractivity contribution in [1.29, 1.82) is 0 Å². The molecule has 2 aliphatic rings. The van der Waals surface area contributed by atoms with Crippen LogP contribution in [0.2, 0.25) is 0 Å². The van der Waals surface area contributed by atoms with Crippen molar-refractivity contribution in [1.82, 2.24) is 4.31 Å². The lowest BCUT2D eigenvalue weighted by Gasteiger charge is -2.31. The third-order valence-corrected chi connectivity index (χ3v) is 8.28. The number of hydrogen-bond acceptors (Lipinski definition) is 4. The second kappa shape index (κ2) is 8.92. The number of nitrogens with zero attached hydrogens (tertiary/aromatic N) is 2. The van der Waals surface area contributed by atoms with Gasteiger partial charge in [-0.3, -0.25) is 9.59 Å². The highest BCUT2D eigenvalue weighted by molar-refractivity contribution is 9.10. The van der Waals surface area contributed by atoms with E-state index in [0.717, 1.165) is 5.56 Å². The van der Waals surface area contributed by atoms with Crippen molar-refractivity contribution in [2.24, 2.45) is 5.92 Å². The summed E-state index contributed by atoms with van der Waals surface area (Å²) in [5.74, 6) is -1.26. The first-order valence-corrected chi connectivity index (χ1v) is 12.6. The zero-order valence-electron chi connectivity index (χ0n) is 17.5. The third kappa shape index (κ3) is 4.44. The normalized spacial score (nSPS) is 17.3. The van der Waals surface area contributed by atoms with Gasteiger partial charge >= 0.3 is 0 Å². The van der Waals surface area contributed by atoms with Crippen molar-refractivity contribution in [3.63, 3.8) is 0 Å². The smallest absolute Gasteiger partial charge is 0.245 e. The third-order valence-electron chi connectivity index (χ3n) is 5.91. The van der Waals surface area contributed by atoms with Crippen LogP contribution in [0.1, 0.15) is 25.3 Å². The molecular weight excluding hydrogens is 501 g/mol. The molecule has 10 heteroatoms. The average molecular weight is 524 g/mol. The lowest BCUT2D eigenvalue weighted by molar-refractivity contribution is -0.121. The lowest BCUT2D eigenvalue weighted by Crippen LogP contribution is -2.42. The standard InChI is InChI=1S/C22H23BrFN3O4S/c1-14(28)27-10-7-16-11-17(23)12-20(21(16)27)32(30,31)26-8-5-15(6-9-26)22(29)25-19-4-2-3-18(24)13-19/h2-4,11-13,15H,5-10H2,1H3,(H,25,29). The van der Waals surface area contributed by atoms with Gasteiger partial charge in [0.15, 0.2) is 0 Å². The SMILES string of the molecule is CC(=O)N1CCc2cc(Br)cc(S(=O)(=O)N3CCC(C(=O)Nc4cccc(F)c4)CC3)c21. The van der Waals surface area contributed by atoms with Gasteiger partial charge in [0.1, 0.15) is 10.7 Å². The highest BCUT2D eigenvalue weighted by Gasteiger charge is 2.37. The van der Waals surface area contributed by atoms with E-state index in [1.54, 1.807) is 6.07 Å². The minimum atomic E-state index is -3.86. The van der Waals surface area contributed by atoms with Crippen LogP contribution in [0, 0.1) is 11.7 Å². The summed E-state index contributed by atoms with van der Waals surface area (Å²) in [6, 6.07) is 9.05. The number of nitrogens with one attached hydrogen (secondary N) is 1. The molecule has 0 spiro atoms. The van der Waals surface area contributed by atoms with E-state index in [-0.39, 0.29) is 35.7 Å². The van der Waals surface area contributed by atoms with Crippen LogP contribution in [0.25, 0.3) is 0 Å². The maximum Gasteiger partial charge on any atom is 0.245 e. The molecule has 2 aromatic carbocycles. The number of carbonyl (C=O) groups excluding carboxylic acids is 2.